The van der Waals surface area contributed by atoms with Gasteiger partial charge >= 0.3 is 0 Å². The third-order valence-corrected chi connectivity index (χ3v) is 3.16. The molecule has 0 aliphatic heterocycles. The average molecular weight is 276 g/mol. The van der Waals surface area contributed by atoms with E-state index in [0.717, 1.165) is 11.5 Å². The number of anilines is 2. The van der Waals surface area contributed by atoms with Crippen molar-refractivity contribution in [3.63, 3.8) is 0 Å². The van der Waals surface area contributed by atoms with Crippen LogP contribution in [0, 0.1) is 6.92 Å². The Morgan fingerprint density at radius 1 is 1.11 bits per heavy atom. The van der Waals surface area contributed by atoms with Crippen LogP contribution in [0.1, 0.15) is 5.56 Å². The molecule has 0 bridgehead atoms. The predicted octanol–water partition coefficient (Wildman–Crippen LogP) is 2.12. The molecule has 0 saturated carbocycles. The largest absolute Gasteiger partial charge is 0.493 e. The first-order valence-corrected chi connectivity index (χ1v) is 6.84. The second-order valence-corrected chi connectivity index (χ2v) is 5.07. The second kappa shape index (κ2) is 6.29. The number of rotatable bonds is 5. The van der Waals surface area contributed by atoms with Gasteiger partial charge in [-0.3, -0.25) is 0 Å². The number of nitrogens with zero attached hydrogens (tertiary/aromatic N) is 2. The lowest BCUT2D eigenvalue weighted by molar-refractivity contribution is 0.344. The van der Waals surface area contributed by atoms with E-state index in [-0.39, 0.29) is 0 Å². The Kier molecular flexibility index (Phi) is 4.46. The lowest BCUT2D eigenvalue weighted by Gasteiger charge is -2.06. The molecule has 0 fully saturated rings. The summed E-state index contributed by atoms with van der Waals surface area (Å²) in [4.78, 5) is 8.17. The minimum Gasteiger partial charge on any atom is -0.493 e. The number of aryl methyl sites for hydroxylation is 1. The van der Waals surface area contributed by atoms with Crippen molar-refractivity contribution in [3.8, 4) is 5.75 Å². The fourth-order valence-electron chi connectivity index (χ4n) is 1.45. The van der Waals surface area contributed by atoms with Crippen molar-refractivity contribution in [3.05, 3.63) is 35.9 Å². The second-order valence-electron chi connectivity index (χ2n) is 4.01. The van der Waals surface area contributed by atoms with Crippen molar-refractivity contribution in [2.45, 2.75) is 12.1 Å². The van der Waals surface area contributed by atoms with Gasteiger partial charge in [-0.05, 0) is 19.1 Å². The summed E-state index contributed by atoms with van der Waals surface area (Å²) in [6.45, 7) is 2.62. The Hall–Kier alpha value is -1.95. The molecule has 0 aliphatic carbocycles. The highest BCUT2D eigenvalue weighted by Gasteiger charge is 2.01. The van der Waals surface area contributed by atoms with Crippen molar-refractivity contribution in [2.24, 2.45) is 0 Å². The van der Waals surface area contributed by atoms with Crippen LogP contribution in [0.3, 0.4) is 0 Å². The van der Waals surface area contributed by atoms with E-state index >= 15 is 0 Å². The molecule has 0 amide bonds. The summed E-state index contributed by atoms with van der Waals surface area (Å²) in [6.07, 6.45) is 0. The van der Waals surface area contributed by atoms with Gasteiger partial charge in [0, 0.05) is 11.8 Å². The highest BCUT2D eigenvalue weighted by Crippen LogP contribution is 2.17. The Morgan fingerprint density at radius 2 is 1.74 bits per heavy atom. The van der Waals surface area contributed by atoms with Crippen LogP contribution in [-0.4, -0.2) is 22.3 Å². The molecule has 0 unspecified atom stereocenters. The molecule has 1 heterocycles. The molecule has 6 heteroatoms. The van der Waals surface area contributed by atoms with Crippen LogP contribution < -0.4 is 16.2 Å². The SMILES string of the molecule is Cc1ccc(OCCSc2nc(N)cc(N)n2)cc1. The molecule has 2 rings (SSSR count). The van der Waals surface area contributed by atoms with Gasteiger partial charge in [0.25, 0.3) is 0 Å². The summed E-state index contributed by atoms with van der Waals surface area (Å²) in [7, 11) is 0. The number of aromatic nitrogens is 2. The molecule has 5 nitrogen and oxygen atoms in total. The van der Waals surface area contributed by atoms with E-state index in [1.807, 2.05) is 31.2 Å². The molecule has 0 radical (unpaired) electrons. The van der Waals surface area contributed by atoms with Crippen LogP contribution in [0.4, 0.5) is 11.6 Å². The van der Waals surface area contributed by atoms with Crippen molar-refractivity contribution in [2.75, 3.05) is 23.8 Å². The minimum atomic E-state index is 0.384. The maximum Gasteiger partial charge on any atom is 0.191 e. The number of nitrogen functional groups attached to an aromatic ring is 2. The minimum absolute atomic E-state index is 0.384. The Morgan fingerprint density at radius 3 is 2.37 bits per heavy atom. The standard InChI is InChI=1S/C13H16N4OS/c1-9-2-4-10(5-3-9)18-6-7-19-13-16-11(14)8-12(15)17-13/h2-5,8H,6-7H2,1H3,(H4,14,15,16,17). The monoisotopic (exact) mass is 276 g/mol. The maximum absolute atomic E-state index is 5.60. The summed E-state index contributed by atoms with van der Waals surface area (Å²) in [6, 6.07) is 9.48. The zero-order valence-corrected chi connectivity index (χ0v) is 11.5. The molecule has 1 aromatic carbocycles. The lowest BCUT2D eigenvalue weighted by atomic mass is 10.2. The third kappa shape index (κ3) is 4.33. The summed E-state index contributed by atoms with van der Waals surface area (Å²) in [5, 5.41) is 0.574. The molecule has 2 aromatic rings. The molecule has 19 heavy (non-hydrogen) atoms. The highest BCUT2D eigenvalue weighted by molar-refractivity contribution is 7.99. The van der Waals surface area contributed by atoms with Gasteiger partial charge in [0.2, 0.25) is 0 Å². The first kappa shape index (κ1) is 13.5. The Bertz CT molecular complexity index is 525. The summed E-state index contributed by atoms with van der Waals surface area (Å²) >= 11 is 1.46. The Labute approximate surface area is 116 Å². The highest BCUT2D eigenvalue weighted by atomic mass is 32.2. The fraction of sp³-hybridized carbons (Fsp3) is 0.231. The topological polar surface area (TPSA) is 87.0 Å². The van der Waals surface area contributed by atoms with Gasteiger partial charge < -0.3 is 16.2 Å². The van der Waals surface area contributed by atoms with Gasteiger partial charge in [-0.1, -0.05) is 29.5 Å². The van der Waals surface area contributed by atoms with Gasteiger partial charge in [0.1, 0.15) is 17.4 Å². The summed E-state index contributed by atoms with van der Waals surface area (Å²) < 4.78 is 5.60. The van der Waals surface area contributed by atoms with Gasteiger partial charge in [0.15, 0.2) is 5.16 Å². The van der Waals surface area contributed by atoms with E-state index < -0.39 is 0 Å². The van der Waals surface area contributed by atoms with E-state index in [0.29, 0.717) is 23.4 Å². The maximum atomic E-state index is 5.60. The predicted molar refractivity (Wildman–Crippen MR) is 78.3 cm³/mol. The van der Waals surface area contributed by atoms with Crippen LogP contribution in [0.2, 0.25) is 0 Å². The van der Waals surface area contributed by atoms with Gasteiger partial charge in [-0.2, -0.15) is 0 Å². The van der Waals surface area contributed by atoms with Gasteiger partial charge in [-0.25, -0.2) is 9.97 Å². The van der Waals surface area contributed by atoms with Crippen LogP contribution in [-0.2, 0) is 0 Å². The molecule has 4 N–H and O–H groups in total. The number of thioether (sulfide) groups is 1. The molecular weight excluding hydrogens is 260 g/mol. The first-order valence-electron chi connectivity index (χ1n) is 5.86. The van der Waals surface area contributed by atoms with E-state index in [1.54, 1.807) is 0 Å². The lowest BCUT2D eigenvalue weighted by Crippen LogP contribution is -2.03. The quantitative estimate of drug-likeness (QED) is 0.494. The molecule has 1 aromatic heterocycles. The van der Waals surface area contributed by atoms with Crippen LogP contribution in [0.25, 0.3) is 0 Å². The number of nitrogens with two attached hydrogens (primary N) is 2. The van der Waals surface area contributed by atoms with Crippen LogP contribution >= 0.6 is 11.8 Å². The first-order chi connectivity index (χ1) is 9.13. The third-order valence-electron chi connectivity index (χ3n) is 2.35. The molecule has 0 saturated heterocycles. The number of hydrogen-bond donors (Lipinski definition) is 2. The van der Waals surface area contributed by atoms with E-state index in [2.05, 4.69) is 9.97 Å². The van der Waals surface area contributed by atoms with Crippen molar-refractivity contribution >= 4 is 23.4 Å². The van der Waals surface area contributed by atoms with E-state index in [9.17, 15) is 0 Å². The molecule has 0 aliphatic rings. The number of ether oxygens (including phenoxy) is 1. The number of hydrogen-bond acceptors (Lipinski definition) is 6. The smallest absolute Gasteiger partial charge is 0.191 e. The van der Waals surface area contributed by atoms with Crippen LogP contribution in [0.5, 0.6) is 5.75 Å². The van der Waals surface area contributed by atoms with Crippen molar-refractivity contribution < 1.29 is 4.74 Å². The molecule has 0 atom stereocenters. The number of benzene rings is 1. The molecule has 100 valence electrons. The van der Waals surface area contributed by atoms with Crippen LogP contribution in [0.15, 0.2) is 35.5 Å². The summed E-state index contributed by atoms with van der Waals surface area (Å²) in [5.74, 6) is 2.36. The molecule has 0 spiro atoms. The zero-order valence-electron chi connectivity index (χ0n) is 10.7. The van der Waals surface area contributed by atoms with Gasteiger partial charge in [0.05, 0.1) is 6.61 Å². The summed E-state index contributed by atoms with van der Waals surface area (Å²) in [5.41, 5.74) is 12.4. The van der Waals surface area contributed by atoms with Gasteiger partial charge in [-0.15, -0.1) is 0 Å². The normalized spacial score (nSPS) is 10.4. The Balaban J connectivity index is 1.79. The van der Waals surface area contributed by atoms with E-state index in [1.165, 1.54) is 23.4 Å². The van der Waals surface area contributed by atoms with E-state index in [4.69, 9.17) is 16.2 Å². The van der Waals surface area contributed by atoms with Crippen molar-refractivity contribution in [1.82, 2.24) is 9.97 Å². The fourth-order valence-corrected chi connectivity index (χ4v) is 2.14. The van der Waals surface area contributed by atoms with Crippen molar-refractivity contribution in [1.29, 1.82) is 0 Å². The average Bonchev–Trinajstić information content (AvgIpc) is 2.36. The zero-order chi connectivity index (χ0) is 13.7. The molecular formula is C13H16N4OS.